The zero-order valence-electron chi connectivity index (χ0n) is 13.1. The normalized spacial score (nSPS) is 25.9. The summed E-state index contributed by atoms with van der Waals surface area (Å²) in [4.78, 5) is 4.93. The second-order valence-electron chi connectivity index (χ2n) is 6.05. The van der Waals surface area contributed by atoms with E-state index in [0.717, 1.165) is 57.6 Å². The van der Waals surface area contributed by atoms with Crippen molar-refractivity contribution in [3.63, 3.8) is 0 Å². The van der Waals surface area contributed by atoms with E-state index in [9.17, 15) is 5.21 Å². The van der Waals surface area contributed by atoms with Gasteiger partial charge in [-0.2, -0.15) is 0 Å². The quantitative estimate of drug-likeness (QED) is 0.518. The van der Waals surface area contributed by atoms with Crippen LogP contribution in [0.4, 0.5) is 5.69 Å². The Labute approximate surface area is 132 Å². The van der Waals surface area contributed by atoms with Gasteiger partial charge in [0.2, 0.25) is 0 Å². The molecule has 1 N–H and O–H groups in total. The van der Waals surface area contributed by atoms with Crippen LogP contribution >= 0.6 is 0 Å². The van der Waals surface area contributed by atoms with Gasteiger partial charge in [-0.15, -0.1) is 0 Å². The van der Waals surface area contributed by atoms with Crippen LogP contribution in [0.3, 0.4) is 0 Å². The zero-order chi connectivity index (χ0) is 15.2. The van der Waals surface area contributed by atoms with Crippen LogP contribution in [0.2, 0.25) is 0 Å². The number of piperazine rings is 1. The fourth-order valence-electron chi connectivity index (χ4n) is 3.49. The van der Waals surface area contributed by atoms with Gasteiger partial charge >= 0.3 is 0 Å². The summed E-state index contributed by atoms with van der Waals surface area (Å²) in [5.74, 6) is 0. The summed E-state index contributed by atoms with van der Waals surface area (Å²) in [5.41, 5.74) is 2.26. The molecule has 3 rings (SSSR count). The van der Waals surface area contributed by atoms with E-state index in [1.165, 1.54) is 5.69 Å². The van der Waals surface area contributed by atoms with E-state index in [1.54, 1.807) is 0 Å². The van der Waals surface area contributed by atoms with Crippen molar-refractivity contribution in [3.8, 4) is 0 Å². The van der Waals surface area contributed by atoms with E-state index in [2.05, 4.69) is 57.4 Å². The monoisotopic (exact) mass is 299 g/mol. The molecule has 4 nitrogen and oxygen atoms in total. The lowest BCUT2D eigenvalue weighted by Gasteiger charge is -2.40. The molecule has 1 aromatic carbocycles. The molecule has 1 fully saturated rings. The lowest BCUT2D eigenvalue weighted by Crippen LogP contribution is -2.52. The number of anilines is 1. The summed E-state index contributed by atoms with van der Waals surface area (Å²) in [6, 6.07) is 10.9. The number of para-hydroxylation sites is 1. The second-order valence-corrected chi connectivity index (χ2v) is 6.05. The van der Waals surface area contributed by atoms with E-state index in [0.29, 0.717) is 6.04 Å². The molecule has 22 heavy (non-hydrogen) atoms. The van der Waals surface area contributed by atoms with Crippen LogP contribution in [0, 0.1) is 0 Å². The van der Waals surface area contributed by atoms with Crippen LogP contribution in [-0.2, 0) is 0 Å². The SMILES string of the molecule is O/N=C1/CCC=CCC[C@@H]1N1CCN(c2ccccc2)CC1. The average Bonchev–Trinajstić information content (AvgIpc) is 2.56. The molecule has 118 valence electrons. The minimum Gasteiger partial charge on any atom is -0.411 e. The molecule has 1 saturated heterocycles. The molecular weight excluding hydrogens is 274 g/mol. The highest BCUT2D eigenvalue weighted by Crippen LogP contribution is 2.21. The molecule has 4 heteroatoms. The van der Waals surface area contributed by atoms with Crippen LogP contribution in [0.5, 0.6) is 0 Å². The van der Waals surface area contributed by atoms with Gasteiger partial charge in [0.15, 0.2) is 0 Å². The highest BCUT2D eigenvalue weighted by Gasteiger charge is 2.27. The van der Waals surface area contributed by atoms with Gasteiger partial charge < -0.3 is 10.1 Å². The molecule has 0 saturated carbocycles. The van der Waals surface area contributed by atoms with Crippen LogP contribution < -0.4 is 4.90 Å². The predicted octanol–water partition coefficient (Wildman–Crippen LogP) is 3.14. The topological polar surface area (TPSA) is 39.1 Å². The number of rotatable bonds is 2. The van der Waals surface area contributed by atoms with E-state index in [4.69, 9.17) is 0 Å². The molecule has 0 amide bonds. The molecule has 2 aliphatic rings. The smallest absolute Gasteiger partial charge is 0.0745 e. The minimum absolute atomic E-state index is 0.299. The lowest BCUT2D eigenvalue weighted by atomic mass is 9.96. The van der Waals surface area contributed by atoms with Crippen molar-refractivity contribution in [2.24, 2.45) is 5.16 Å². The van der Waals surface area contributed by atoms with E-state index < -0.39 is 0 Å². The Kier molecular flexibility index (Phi) is 5.11. The third-order valence-corrected chi connectivity index (χ3v) is 4.73. The standard InChI is InChI=1S/C18H25N3O/c22-19-17-10-6-1-2-7-11-18(17)21-14-12-20(13-15-21)16-8-4-3-5-9-16/h1-5,8-9,18,22H,6-7,10-15H2/b2-1?,19-17-/t18-/m0/s1. The van der Waals surface area contributed by atoms with Crippen molar-refractivity contribution >= 4 is 11.4 Å². The molecule has 0 aromatic heterocycles. The molecule has 1 aliphatic carbocycles. The Balaban J connectivity index is 1.63. The lowest BCUT2D eigenvalue weighted by molar-refractivity contribution is 0.211. The number of hydrogen-bond acceptors (Lipinski definition) is 4. The fraction of sp³-hybridized carbons (Fsp3) is 0.500. The second kappa shape index (κ2) is 7.45. The highest BCUT2D eigenvalue weighted by atomic mass is 16.4. The van der Waals surface area contributed by atoms with Gasteiger partial charge in [0.05, 0.1) is 11.8 Å². The molecule has 0 bridgehead atoms. The maximum absolute atomic E-state index is 9.37. The van der Waals surface area contributed by atoms with Gasteiger partial charge in [0.25, 0.3) is 0 Å². The number of allylic oxidation sites excluding steroid dienone is 2. The maximum Gasteiger partial charge on any atom is 0.0745 e. The largest absolute Gasteiger partial charge is 0.411 e. The van der Waals surface area contributed by atoms with Crippen LogP contribution in [0.15, 0.2) is 47.6 Å². The van der Waals surface area contributed by atoms with Crippen molar-refractivity contribution in [1.82, 2.24) is 4.90 Å². The number of nitrogens with zero attached hydrogens (tertiary/aromatic N) is 3. The van der Waals surface area contributed by atoms with Crippen molar-refractivity contribution in [2.45, 2.75) is 31.7 Å². The van der Waals surface area contributed by atoms with Gasteiger partial charge in [0.1, 0.15) is 0 Å². The first-order valence-corrected chi connectivity index (χ1v) is 8.28. The Morgan fingerprint density at radius 1 is 0.955 bits per heavy atom. The predicted molar refractivity (Wildman–Crippen MR) is 90.8 cm³/mol. The van der Waals surface area contributed by atoms with Gasteiger partial charge in [-0.25, -0.2) is 0 Å². The first-order chi connectivity index (χ1) is 10.9. The summed E-state index contributed by atoms with van der Waals surface area (Å²) in [6.07, 6.45) is 8.45. The summed E-state index contributed by atoms with van der Waals surface area (Å²) in [6.45, 7) is 4.13. The number of benzene rings is 1. The van der Waals surface area contributed by atoms with Crippen LogP contribution in [0.25, 0.3) is 0 Å². The summed E-state index contributed by atoms with van der Waals surface area (Å²) < 4.78 is 0. The minimum atomic E-state index is 0.299. The number of hydrogen-bond donors (Lipinski definition) is 1. The summed E-state index contributed by atoms with van der Waals surface area (Å²) in [7, 11) is 0. The fourth-order valence-corrected chi connectivity index (χ4v) is 3.49. The zero-order valence-corrected chi connectivity index (χ0v) is 13.1. The van der Waals surface area contributed by atoms with Crippen LogP contribution in [-0.4, -0.2) is 48.0 Å². The van der Waals surface area contributed by atoms with E-state index >= 15 is 0 Å². The Hall–Kier alpha value is -1.81. The Morgan fingerprint density at radius 2 is 1.68 bits per heavy atom. The third kappa shape index (κ3) is 3.50. The molecular formula is C18H25N3O. The number of oxime groups is 1. The first-order valence-electron chi connectivity index (χ1n) is 8.28. The molecule has 0 unspecified atom stereocenters. The molecule has 1 atom stereocenters. The molecule has 0 radical (unpaired) electrons. The summed E-state index contributed by atoms with van der Waals surface area (Å²) >= 11 is 0. The van der Waals surface area contributed by atoms with Gasteiger partial charge in [-0.1, -0.05) is 35.5 Å². The maximum atomic E-state index is 9.37. The van der Waals surface area contributed by atoms with Crippen molar-refractivity contribution < 1.29 is 5.21 Å². The molecule has 1 aromatic rings. The molecule has 0 spiro atoms. The van der Waals surface area contributed by atoms with E-state index in [1.807, 2.05) is 0 Å². The average molecular weight is 299 g/mol. The molecule has 1 aliphatic heterocycles. The Bertz CT molecular complexity index is 518. The highest BCUT2D eigenvalue weighted by molar-refractivity contribution is 5.89. The molecule has 1 heterocycles. The van der Waals surface area contributed by atoms with Crippen molar-refractivity contribution in [3.05, 3.63) is 42.5 Å². The summed E-state index contributed by atoms with van der Waals surface area (Å²) in [5, 5.41) is 13.0. The Morgan fingerprint density at radius 3 is 2.41 bits per heavy atom. The van der Waals surface area contributed by atoms with Crippen molar-refractivity contribution in [2.75, 3.05) is 31.1 Å². The van der Waals surface area contributed by atoms with E-state index in [-0.39, 0.29) is 0 Å². The van der Waals surface area contributed by atoms with Crippen LogP contribution in [0.1, 0.15) is 25.7 Å². The van der Waals surface area contributed by atoms with Gasteiger partial charge in [-0.05, 0) is 37.8 Å². The first kappa shape index (κ1) is 15.1. The van der Waals surface area contributed by atoms with Gasteiger partial charge in [0, 0.05) is 31.9 Å². The third-order valence-electron chi connectivity index (χ3n) is 4.73. The van der Waals surface area contributed by atoms with Crippen molar-refractivity contribution in [1.29, 1.82) is 0 Å². The van der Waals surface area contributed by atoms with Gasteiger partial charge in [-0.3, -0.25) is 4.90 Å².